The standard InChI is InChI=1S/2C20H21ClN4O.2C2H6OS/c2*1-20(2,3)17-13-18(25(24-17)16-7-5-4-6-8-16)23-19(26)22-15-11-9-14(21)10-12-15;2*1-4(2)3/h2*4-13H,1-3H3,(H2,22,23,26);2*1-2H3. The Hall–Kier alpha value is -5.28. The first-order valence-electron chi connectivity index (χ1n) is 18.6. The van der Waals surface area contributed by atoms with Gasteiger partial charge in [-0.15, -0.1) is 0 Å². The number of carbonyl (C=O) groups is 2. The van der Waals surface area contributed by atoms with Gasteiger partial charge in [0.15, 0.2) is 0 Å². The van der Waals surface area contributed by atoms with Crippen LogP contribution >= 0.6 is 23.2 Å². The smallest absolute Gasteiger partial charge is 0.308 e. The Morgan fingerprint density at radius 3 is 1.05 bits per heavy atom. The van der Waals surface area contributed by atoms with Crippen LogP contribution in [-0.2, 0) is 32.4 Å². The summed E-state index contributed by atoms with van der Waals surface area (Å²) in [6.07, 6.45) is 6.56. The van der Waals surface area contributed by atoms with Gasteiger partial charge in [-0.1, -0.05) is 101 Å². The molecule has 4 amide bonds. The second kappa shape index (κ2) is 22.9. The first-order chi connectivity index (χ1) is 28.1. The van der Waals surface area contributed by atoms with Crippen LogP contribution in [0.2, 0.25) is 10.0 Å². The molecule has 0 saturated carbocycles. The number of hydrogen-bond acceptors (Lipinski definition) is 6. The van der Waals surface area contributed by atoms with Crippen LogP contribution in [-0.4, -0.2) is 65.1 Å². The monoisotopic (exact) mass is 892 g/mol. The minimum absolute atomic E-state index is 0.136. The zero-order chi connectivity index (χ0) is 44.6. The molecule has 2 heterocycles. The molecule has 0 spiro atoms. The zero-order valence-corrected chi connectivity index (χ0v) is 38.7. The third-order valence-electron chi connectivity index (χ3n) is 7.64. The number of hydrogen-bond donors (Lipinski definition) is 4. The molecule has 0 aliphatic carbocycles. The van der Waals surface area contributed by atoms with Gasteiger partial charge in [-0.3, -0.25) is 19.1 Å². The third-order valence-corrected chi connectivity index (χ3v) is 8.15. The van der Waals surface area contributed by atoms with Crippen molar-refractivity contribution < 1.29 is 18.0 Å². The maximum absolute atomic E-state index is 12.4. The summed E-state index contributed by atoms with van der Waals surface area (Å²) in [5.41, 5.74) is 4.59. The fraction of sp³-hybridized carbons (Fsp3) is 0.273. The lowest BCUT2D eigenvalue weighted by Gasteiger charge is -2.14. The van der Waals surface area contributed by atoms with Crippen molar-refractivity contribution in [1.82, 2.24) is 19.6 Å². The van der Waals surface area contributed by atoms with Crippen molar-refractivity contribution in [2.75, 3.05) is 46.3 Å². The number of nitrogens with one attached hydrogen (secondary N) is 4. The Balaban J connectivity index is 0.000000272. The molecule has 0 fully saturated rings. The summed E-state index contributed by atoms with van der Waals surface area (Å²) in [5, 5.41) is 22.0. The molecule has 0 radical (unpaired) electrons. The molecule has 6 aromatic rings. The molecular formula is C44H54Cl2N8O4S2. The van der Waals surface area contributed by atoms with Crippen LogP contribution in [0.4, 0.5) is 32.6 Å². The minimum Gasteiger partial charge on any atom is -0.308 e. The number of anilines is 4. The summed E-state index contributed by atoms with van der Waals surface area (Å²) in [6.45, 7) is 12.5. The summed E-state index contributed by atoms with van der Waals surface area (Å²) in [5.74, 6) is 1.21. The van der Waals surface area contributed by atoms with Crippen LogP contribution in [0.15, 0.2) is 121 Å². The van der Waals surface area contributed by atoms with Gasteiger partial charge >= 0.3 is 12.1 Å². The molecule has 0 aliphatic heterocycles. The number of urea groups is 2. The Morgan fingerprint density at radius 2 is 0.783 bits per heavy atom. The van der Waals surface area contributed by atoms with Gasteiger partial charge in [0, 0.05) is 91.0 Å². The molecular weight excluding hydrogens is 840 g/mol. The third kappa shape index (κ3) is 17.1. The van der Waals surface area contributed by atoms with E-state index in [0.717, 1.165) is 22.8 Å². The van der Waals surface area contributed by atoms with Crippen molar-refractivity contribution in [3.8, 4) is 11.4 Å². The highest BCUT2D eigenvalue weighted by atomic mass is 35.5. The highest BCUT2D eigenvalue weighted by Crippen LogP contribution is 2.28. The van der Waals surface area contributed by atoms with E-state index in [-0.39, 0.29) is 22.9 Å². The first-order valence-corrected chi connectivity index (χ1v) is 23.3. The largest absolute Gasteiger partial charge is 0.324 e. The molecule has 60 heavy (non-hydrogen) atoms. The number of halogens is 2. The molecule has 0 saturated heterocycles. The summed E-state index contributed by atoms with van der Waals surface area (Å²) < 4.78 is 22.6. The number of benzene rings is 4. The summed E-state index contributed by atoms with van der Waals surface area (Å²) in [6, 6.07) is 36.4. The fourth-order valence-electron chi connectivity index (χ4n) is 4.83. The molecule has 0 aliphatic rings. The molecule has 2 aromatic heterocycles. The average Bonchev–Trinajstić information content (AvgIpc) is 3.79. The first kappa shape index (κ1) is 49.1. The number of carbonyl (C=O) groups excluding carboxylic acids is 2. The van der Waals surface area contributed by atoms with Crippen molar-refractivity contribution >= 4 is 79.9 Å². The van der Waals surface area contributed by atoms with Gasteiger partial charge in [-0.2, -0.15) is 10.2 Å². The van der Waals surface area contributed by atoms with Gasteiger partial charge in [0.25, 0.3) is 0 Å². The molecule has 0 bridgehead atoms. The van der Waals surface area contributed by atoms with Crippen LogP contribution in [0.5, 0.6) is 0 Å². The van der Waals surface area contributed by atoms with Crippen molar-refractivity contribution in [1.29, 1.82) is 0 Å². The Morgan fingerprint density at radius 1 is 0.500 bits per heavy atom. The predicted octanol–water partition coefficient (Wildman–Crippen LogP) is 10.9. The highest BCUT2D eigenvalue weighted by molar-refractivity contribution is 7.83. The van der Waals surface area contributed by atoms with Crippen LogP contribution < -0.4 is 21.3 Å². The lowest BCUT2D eigenvalue weighted by Crippen LogP contribution is -2.21. The van der Waals surface area contributed by atoms with Crippen LogP contribution in [0.25, 0.3) is 11.4 Å². The quantitative estimate of drug-likeness (QED) is 0.131. The molecule has 320 valence electrons. The van der Waals surface area contributed by atoms with Crippen molar-refractivity contribution in [3.63, 3.8) is 0 Å². The van der Waals surface area contributed by atoms with E-state index in [4.69, 9.17) is 23.2 Å². The lowest BCUT2D eigenvalue weighted by atomic mass is 9.92. The van der Waals surface area contributed by atoms with Gasteiger partial charge in [0.2, 0.25) is 0 Å². The minimum atomic E-state index is -0.611. The van der Waals surface area contributed by atoms with Crippen LogP contribution in [0.3, 0.4) is 0 Å². The van der Waals surface area contributed by atoms with E-state index in [9.17, 15) is 18.0 Å². The van der Waals surface area contributed by atoms with E-state index in [1.807, 2.05) is 72.8 Å². The van der Waals surface area contributed by atoms with Crippen molar-refractivity contribution in [2.24, 2.45) is 0 Å². The normalized spacial score (nSPS) is 10.9. The Kier molecular flexibility index (Phi) is 18.7. The number of rotatable bonds is 6. The van der Waals surface area contributed by atoms with Gasteiger partial charge < -0.3 is 10.6 Å². The van der Waals surface area contributed by atoms with E-state index >= 15 is 0 Å². The van der Waals surface area contributed by atoms with Gasteiger partial charge in [0.05, 0.1) is 22.8 Å². The van der Waals surface area contributed by atoms with Crippen molar-refractivity contribution in [3.05, 3.63) is 143 Å². The molecule has 16 heteroatoms. The fourth-order valence-corrected chi connectivity index (χ4v) is 5.08. The average molecular weight is 894 g/mol. The molecule has 0 atom stereocenters. The predicted molar refractivity (Wildman–Crippen MR) is 253 cm³/mol. The highest BCUT2D eigenvalue weighted by Gasteiger charge is 2.23. The molecule has 4 N–H and O–H groups in total. The van der Waals surface area contributed by atoms with Gasteiger partial charge in [-0.05, 0) is 72.8 Å². The van der Waals surface area contributed by atoms with Gasteiger partial charge in [-0.25, -0.2) is 19.0 Å². The van der Waals surface area contributed by atoms with E-state index in [0.29, 0.717) is 33.1 Å². The molecule has 0 unspecified atom stereocenters. The summed E-state index contributed by atoms with van der Waals surface area (Å²) in [4.78, 5) is 24.8. The Bertz CT molecular complexity index is 2150. The van der Waals surface area contributed by atoms with E-state index in [2.05, 4.69) is 73.0 Å². The topological polar surface area (TPSA) is 152 Å². The maximum atomic E-state index is 12.4. The summed E-state index contributed by atoms with van der Waals surface area (Å²) in [7, 11) is -1.22. The lowest BCUT2D eigenvalue weighted by molar-refractivity contribution is 0.261. The number of amides is 4. The second-order valence-electron chi connectivity index (χ2n) is 15.5. The molecule has 6 rings (SSSR count). The SMILES string of the molecule is CC(C)(C)c1cc(NC(=O)Nc2ccc(Cl)cc2)n(-c2ccccc2)n1.CC(C)(C)c1cc(NC(=O)Nc2ccc(Cl)cc2)n(-c2ccccc2)n1.CS(C)=O.CS(C)=O. The van der Waals surface area contributed by atoms with E-state index < -0.39 is 21.6 Å². The number of para-hydroxylation sites is 2. The zero-order valence-electron chi connectivity index (χ0n) is 35.5. The number of nitrogens with zero attached hydrogens (tertiary/aromatic N) is 4. The van der Waals surface area contributed by atoms with E-state index in [1.165, 1.54) is 0 Å². The summed E-state index contributed by atoms with van der Waals surface area (Å²) >= 11 is 11.7. The van der Waals surface area contributed by atoms with Crippen LogP contribution in [0.1, 0.15) is 52.9 Å². The second-order valence-corrected chi connectivity index (χ2v) is 19.3. The van der Waals surface area contributed by atoms with Gasteiger partial charge in [0.1, 0.15) is 11.6 Å². The molecule has 12 nitrogen and oxygen atoms in total. The van der Waals surface area contributed by atoms with E-state index in [1.54, 1.807) is 82.9 Å². The van der Waals surface area contributed by atoms with Crippen LogP contribution in [0, 0.1) is 0 Å². The van der Waals surface area contributed by atoms with Crippen molar-refractivity contribution in [2.45, 2.75) is 52.4 Å². The number of aromatic nitrogens is 4. The molecule has 4 aromatic carbocycles. The maximum Gasteiger partial charge on any atom is 0.324 e. The Labute approximate surface area is 368 Å².